The van der Waals surface area contributed by atoms with Crippen molar-refractivity contribution in [2.24, 2.45) is 5.92 Å². The summed E-state index contributed by atoms with van der Waals surface area (Å²) in [5.74, 6) is 0.641. The summed E-state index contributed by atoms with van der Waals surface area (Å²) in [5.41, 5.74) is 0.457. The number of esters is 1. The lowest BCUT2D eigenvalue weighted by Crippen LogP contribution is -2.27. The fourth-order valence-corrected chi connectivity index (χ4v) is 2.69. The zero-order valence-electron chi connectivity index (χ0n) is 14.1. The van der Waals surface area contributed by atoms with Crippen molar-refractivity contribution < 1.29 is 19.1 Å². The molecule has 0 heterocycles. The molecule has 2 unspecified atom stereocenters. The molecular weight excluding hydrogens is 294 g/mol. The lowest BCUT2D eigenvalue weighted by molar-refractivity contribution is -0.130. The van der Waals surface area contributed by atoms with E-state index in [4.69, 9.17) is 9.47 Å². The first-order chi connectivity index (χ1) is 11.0. The van der Waals surface area contributed by atoms with E-state index in [1.54, 1.807) is 38.4 Å². The van der Waals surface area contributed by atoms with Gasteiger partial charge in [-0.1, -0.05) is 19.4 Å². The summed E-state index contributed by atoms with van der Waals surface area (Å²) in [5, 5.41) is 0. The van der Waals surface area contributed by atoms with Gasteiger partial charge in [-0.3, -0.25) is 4.79 Å². The van der Waals surface area contributed by atoms with E-state index in [0.29, 0.717) is 17.2 Å². The minimum Gasteiger partial charge on any atom is -0.484 e. The highest BCUT2D eigenvalue weighted by Crippen LogP contribution is 2.26. The van der Waals surface area contributed by atoms with Gasteiger partial charge < -0.3 is 14.4 Å². The zero-order valence-corrected chi connectivity index (χ0v) is 14.1. The monoisotopic (exact) mass is 319 g/mol. The minimum atomic E-state index is -0.325. The molecule has 0 bridgehead atoms. The van der Waals surface area contributed by atoms with Gasteiger partial charge in [0.25, 0.3) is 5.91 Å². The van der Waals surface area contributed by atoms with E-state index >= 15 is 0 Å². The Hall–Kier alpha value is -2.04. The maximum atomic E-state index is 12.3. The van der Waals surface area contributed by atoms with Crippen LogP contribution < -0.4 is 4.74 Å². The topological polar surface area (TPSA) is 55.8 Å². The Labute approximate surface area is 137 Å². The van der Waals surface area contributed by atoms with Gasteiger partial charge >= 0.3 is 5.97 Å². The molecule has 2 rings (SSSR count). The molecule has 1 aromatic carbocycles. The van der Waals surface area contributed by atoms with Gasteiger partial charge in [-0.25, -0.2) is 4.79 Å². The molecule has 0 aliphatic heterocycles. The van der Waals surface area contributed by atoms with Crippen molar-refractivity contribution in [3.05, 3.63) is 29.8 Å². The minimum absolute atomic E-state index is 0.00569. The third-order valence-corrected chi connectivity index (χ3v) is 4.09. The average molecular weight is 319 g/mol. The molecule has 1 aromatic rings. The number of ether oxygens (including phenoxy) is 2. The summed E-state index contributed by atoms with van der Waals surface area (Å²) in [6.45, 7) is 2.14. The third-order valence-electron chi connectivity index (χ3n) is 4.09. The molecule has 1 aliphatic carbocycles. The van der Waals surface area contributed by atoms with Crippen LogP contribution in [0, 0.1) is 5.92 Å². The Bertz CT molecular complexity index is 556. The van der Waals surface area contributed by atoms with Gasteiger partial charge in [-0.15, -0.1) is 0 Å². The highest BCUT2D eigenvalue weighted by atomic mass is 16.5. The molecule has 126 valence electrons. The summed E-state index contributed by atoms with van der Waals surface area (Å²) >= 11 is 0. The van der Waals surface area contributed by atoms with Crippen molar-refractivity contribution in [2.75, 3.05) is 20.7 Å². The van der Waals surface area contributed by atoms with Crippen molar-refractivity contribution in [1.82, 2.24) is 4.90 Å². The summed E-state index contributed by atoms with van der Waals surface area (Å²) in [4.78, 5) is 25.3. The van der Waals surface area contributed by atoms with E-state index < -0.39 is 0 Å². The molecule has 0 radical (unpaired) electrons. The number of rotatable bonds is 5. The molecule has 2 atom stereocenters. The maximum Gasteiger partial charge on any atom is 0.338 e. The van der Waals surface area contributed by atoms with E-state index in [0.717, 1.165) is 19.3 Å². The van der Waals surface area contributed by atoms with E-state index in [1.807, 2.05) is 0 Å². The van der Waals surface area contributed by atoms with Crippen molar-refractivity contribution in [2.45, 2.75) is 38.7 Å². The predicted octanol–water partition coefficient (Wildman–Crippen LogP) is 2.89. The fraction of sp³-hybridized carbons (Fsp3) is 0.556. The van der Waals surface area contributed by atoms with Crippen LogP contribution >= 0.6 is 0 Å². The van der Waals surface area contributed by atoms with Gasteiger partial charge in [0, 0.05) is 14.1 Å². The molecule has 1 saturated carbocycles. The van der Waals surface area contributed by atoms with E-state index in [-0.39, 0.29) is 24.6 Å². The van der Waals surface area contributed by atoms with E-state index in [1.165, 1.54) is 11.3 Å². The first-order valence-corrected chi connectivity index (χ1v) is 8.09. The number of benzene rings is 1. The van der Waals surface area contributed by atoms with Crippen LogP contribution in [0.25, 0.3) is 0 Å². The van der Waals surface area contributed by atoms with Crippen molar-refractivity contribution in [3.63, 3.8) is 0 Å². The molecule has 0 saturated heterocycles. The molecule has 0 N–H and O–H groups in total. The molecular formula is C18H25NO4. The second-order valence-electron chi connectivity index (χ2n) is 6.40. The van der Waals surface area contributed by atoms with E-state index in [2.05, 4.69) is 6.92 Å². The zero-order chi connectivity index (χ0) is 16.8. The van der Waals surface area contributed by atoms with Gasteiger partial charge in [0.2, 0.25) is 0 Å². The Morgan fingerprint density at radius 2 is 2.04 bits per heavy atom. The van der Waals surface area contributed by atoms with Crippen molar-refractivity contribution in [3.8, 4) is 5.75 Å². The number of hydrogen-bond donors (Lipinski definition) is 0. The summed E-state index contributed by atoms with van der Waals surface area (Å²) in [6, 6.07) is 6.78. The smallest absolute Gasteiger partial charge is 0.338 e. The second kappa shape index (κ2) is 7.99. The Morgan fingerprint density at radius 3 is 2.74 bits per heavy atom. The molecule has 5 heteroatoms. The number of carbonyl (C=O) groups is 2. The van der Waals surface area contributed by atoms with Crippen LogP contribution in [0.15, 0.2) is 24.3 Å². The molecule has 0 spiro atoms. The number of nitrogens with zero attached hydrogens (tertiary/aromatic N) is 1. The Morgan fingerprint density at radius 1 is 1.26 bits per heavy atom. The summed E-state index contributed by atoms with van der Waals surface area (Å²) < 4.78 is 11.0. The lowest BCUT2D eigenvalue weighted by atomic mass is 9.89. The largest absolute Gasteiger partial charge is 0.484 e. The van der Waals surface area contributed by atoms with Crippen LogP contribution in [-0.4, -0.2) is 43.6 Å². The standard InChI is InChI=1S/C18H25NO4/c1-13-6-4-9-16(10-13)23-18(21)14-7-5-8-15(11-14)22-12-17(20)19(2)3/h5,7-8,11,13,16H,4,6,9-10,12H2,1-3H3. The normalized spacial score (nSPS) is 20.7. The Kier molecular flexibility index (Phi) is 6.02. The highest BCUT2D eigenvalue weighted by molar-refractivity contribution is 5.90. The quantitative estimate of drug-likeness (QED) is 0.783. The molecule has 1 aliphatic rings. The second-order valence-corrected chi connectivity index (χ2v) is 6.40. The summed E-state index contributed by atoms with van der Waals surface area (Å²) in [6.07, 6.45) is 4.18. The molecule has 23 heavy (non-hydrogen) atoms. The van der Waals surface area contributed by atoms with Gasteiger partial charge in [0.15, 0.2) is 6.61 Å². The fourth-order valence-electron chi connectivity index (χ4n) is 2.69. The third kappa shape index (κ3) is 5.27. The van der Waals surface area contributed by atoms with E-state index in [9.17, 15) is 9.59 Å². The molecule has 1 fully saturated rings. The molecule has 1 amide bonds. The van der Waals surface area contributed by atoms with Crippen LogP contribution in [-0.2, 0) is 9.53 Å². The van der Waals surface area contributed by atoms with Crippen LogP contribution in [0.3, 0.4) is 0 Å². The number of amides is 1. The highest BCUT2D eigenvalue weighted by Gasteiger charge is 2.23. The van der Waals surface area contributed by atoms with Gasteiger partial charge in [-0.2, -0.15) is 0 Å². The van der Waals surface area contributed by atoms with Crippen LogP contribution in [0.2, 0.25) is 0 Å². The number of likely N-dealkylation sites (N-methyl/N-ethyl adjacent to an activating group) is 1. The van der Waals surface area contributed by atoms with Crippen LogP contribution in [0.5, 0.6) is 5.75 Å². The maximum absolute atomic E-state index is 12.3. The Balaban J connectivity index is 1.93. The van der Waals surface area contributed by atoms with Gasteiger partial charge in [0.05, 0.1) is 5.56 Å². The van der Waals surface area contributed by atoms with Crippen LogP contribution in [0.1, 0.15) is 43.0 Å². The number of carbonyl (C=O) groups excluding carboxylic acids is 2. The van der Waals surface area contributed by atoms with Gasteiger partial charge in [-0.05, 0) is 43.4 Å². The predicted molar refractivity (Wildman–Crippen MR) is 87.5 cm³/mol. The van der Waals surface area contributed by atoms with Crippen molar-refractivity contribution in [1.29, 1.82) is 0 Å². The van der Waals surface area contributed by atoms with Crippen molar-refractivity contribution >= 4 is 11.9 Å². The first kappa shape index (κ1) is 17.3. The first-order valence-electron chi connectivity index (χ1n) is 8.09. The SMILES string of the molecule is CC1CCCC(OC(=O)c2cccc(OCC(=O)N(C)C)c2)C1. The average Bonchev–Trinajstić information content (AvgIpc) is 2.52. The van der Waals surface area contributed by atoms with Gasteiger partial charge in [0.1, 0.15) is 11.9 Å². The number of hydrogen-bond acceptors (Lipinski definition) is 4. The molecule has 5 nitrogen and oxygen atoms in total. The molecule has 0 aromatic heterocycles. The summed E-state index contributed by atoms with van der Waals surface area (Å²) in [7, 11) is 3.34. The van der Waals surface area contributed by atoms with Crippen LogP contribution in [0.4, 0.5) is 0 Å². The lowest BCUT2D eigenvalue weighted by Gasteiger charge is -2.26.